The van der Waals surface area contributed by atoms with Crippen molar-refractivity contribution in [1.82, 2.24) is 10.2 Å². The lowest BCUT2D eigenvalue weighted by Gasteiger charge is -2.05. The molecule has 1 aromatic heterocycles. The van der Waals surface area contributed by atoms with E-state index in [1.165, 1.54) is 11.1 Å². The van der Waals surface area contributed by atoms with Crippen LogP contribution in [-0.4, -0.2) is 10.2 Å². The highest BCUT2D eigenvalue weighted by Crippen LogP contribution is 2.07. The van der Waals surface area contributed by atoms with Crippen LogP contribution < -0.4 is 5.32 Å². The van der Waals surface area contributed by atoms with E-state index in [-0.39, 0.29) is 0 Å². The smallest absolute Gasteiger partial charge is 0.163 e. The molecular formula is C13H12N4. The Labute approximate surface area is 99.9 Å². The number of rotatable bonds is 3. The average Bonchev–Trinajstić information content (AvgIpc) is 2.37. The van der Waals surface area contributed by atoms with E-state index in [9.17, 15) is 0 Å². The number of hydrogen-bond donors (Lipinski definition) is 1. The summed E-state index contributed by atoms with van der Waals surface area (Å²) >= 11 is 0. The third kappa shape index (κ3) is 3.02. The first-order valence-corrected chi connectivity index (χ1v) is 5.31. The molecule has 0 fully saturated rings. The Morgan fingerprint density at radius 2 is 2.12 bits per heavy atom. The SMILES string of the molecule is Cc1cccc(CNc2ccc(C#N)nn2)c1. The molecule has 0 aliphatic rings. The zero-order chi connectivity index (χ0) is 12.1. The van der Waals surface area contributed by atoms with Crippen LogP contribution >= 0.6 is 0 Å². The van der Waals surface area contributed by atoms with Crippen molar-refractivity contribution in [1.29, 1.82) is 5.26 Å². The summed E-state index contributed by atoms with van der Waals surface area (Å²) in [5, 5.41) is 19.4. The second kappa shape index (κ2) is 5.08. The van der Waals surface area contributed by atoms with Gasteiger partial charge in [0.25, 0.3) is 0 Å². The number of aromatic nitrogens is 2. The number of benzene rings is 1. The summed E-state index contributed by atoms with van der Waals surface area (Å²) in [6.07, 6.45) is 0. The van der Waals surface area contributed by atoms with Crippen LogP contribution in [0, 0.1) is 18.3 Å². The van der Waals surface area contributed by atoms with Crippen LogP contribution in [0.25, 0.3) is 0 Å². The number of anilines is 1. The van der Waals surface area contributed by atoms with Gasteiger partial charge < -0.3 is 5.32 Å². The van der Waals surface area contributed by atoms with Gasteiger partial charge in [-0.2, -0.15) is 5.26 Å². The molecule has 1 N–H and O–H groups in total. The zero-order valence-corrected chi connectivity index (χ0v) is 9.51. The molecule has 0 aliphatic heterocycles. The Morgan fingerprint density at radius 1 is 1.24 bits per heavy atom. The summed E-state index contributed by atoms with van der Waals surface area (Å²) in [4.78, 5) is 0. The molecule has 0 saturated carbocycles. The van der Waals surface area contributed by atoms with Gasteiger partial charge in [0, 0.05) is 6.54 Å². The van der Waals surface area contributed by atoms with Gasteiger partial charge in [0.2, 0.25) is 0 Å². The maximum Gasteiger partial charge on any atom is 0.163 e. The maximum absolute atomic E-state index is 8.59. The van der Waals surface area contributed by atoms with Crippen LogP contribution in [0.5, 0.6) is 0 Å². The summed E-state index contributed by atoms with van der Waals surface area (Å²) in [5.74, 6) is 0.672. The molecule has 0 saturated heterocycles. The molecule has 4 heteroatoms. The van der Waals surface area contributed by atoms with Crippen LogP contribution in [0.15, 0.2) is 36.4 Å². The van der Waals surface area contributed by atoms with Crippen molar-refractivity contribution < 1.29 is 0 Å². The van der Waals surface area contributed by atoms with Crippen molar-refractivity contribution in [3.63, 3.8) is 0 Å². The predicted molar refractivity (Wildman–Crippen MR) is 65.3 cm³/mol. The summed E-state index contributed by atoms with van der Waals surface area (Å²) in [5.41, 5.74) is 2.75. The molecule has 84 valence electrons. The van der Waals surface area contributed by atoms with Crippen molar-refractivity contribution >= 4 is 5.82 Å². The Hall–Kier alpha value is -2.41. The minimum Gasteiger partial charge on any atom is -0.365 e. The van der Waals surface area contributed by atoms with Gasteiger partial charge in [0.05, 0.1) is 0 Å². The van der Waals surface area contributed by atoms with Crippen LogP contribution in [0.2, 0.25) is 0 Å². The Bertz CT molecular complexity index is 540. The molecule has 0 unspecified atom stereocenters. The predicted octanol–water partition coefficient (Wildman–Crippen LogP) is 2.27. The number of nitrogens with one attached hydrogen (secondary N) is 1. The third-order valence-corrected chi connectivity index (χ3v) is 2.34. The molecule has 0 radical (unpaired) electrons. The van der Waals surface area contributed by atoms with Gasteiger partial charge in [-0.25, -0.2) is 0 Å². The van der Waals surface area contributed by atoms with Crippen molar-refractivity contribution in [2.24, 2.45) is 0 Å². The second-order valence-corrected chi connectivity index (χ2v) is 3.76. The largest absolute Gasteiger partial charge is 0.365 e. The van der Waals surface area contributed by atoms with E-state index in [2.05, 4.69) is 40.6 Å². The van der Waals surface area contributed by atoms with Crippen LogP contribution in [0.1, 0.15) is 16.8 Å². The molecule has 17 heavy (non-hydrogen) atoms. The van der Waals surface area contributed by atoms with Crippen LogP contribution in [0.3, 0.4) is 0 Å². The molecule has 0 atom stereocenters. The van der Waals surface area contributed by atoms with Crippen LogP contribution in [-0.2, 0) is 6.54 Å². The first-order valence-electron chi connectivity index (χ1n) is 5.31. The van der Waals surface area contributed by atoms with Crippen molar-refractivity contribution in [3.05, 3.63) is 53.2 Å². The van der Waals surface area contributed by atoms with Gasteiger partial charge in [-0.1, -0.05) is 29.8 Å². The van der Waals surface area contributed by atoms with Gasteiger partial charge in [0.15, 0.2) is 5.69 Å². The molecule has 2 aromatic rings. The number of aryl methyl sites for hydroxylation is 1. The normalized spacial score (nSPS) is 9.65. The van der Waals surface area contributed by atoms with E-state index >= 15 is 0 Å². The summed E-state index contributed by atoms with van der Waals surface area (Å²) in [6, 6.07) is 13.6. The highest BCUT2D eigenvalue weighted by Gasteiger charge is 1.97. The molecule has 2 rings (SSSR count). The summed E-state index contributed by atoms with van der Waals surface area (Å²) in [7, 11) is 0. The lowest BCUT2D eigenvalue weighted by Crippen LogP contribution is -2.02. The molecule has 1 aromatic carbocycles. The standard InChI is InChI=1S/C13H12N4/c1-10-3-2-4-11(7-10)9-15-13-6-5-12(8-14)16-17-13/h2-7H,9H2,1H3,(H,15,17). The highest BCUT2D eigenvalue weighted by molar-refractivity contribution is 5.36. The van der Waals surface area contributed by atoms with E-state index in [0.717, 1.165) is 0 Å². The van der Waals surface area contributed by atoms with E-state index in [0.29, 0.717) is 18.1 Å². The molecule has 1 heterocycles. The molecule has 4 nitrogen and oxygen atoms in total. The van der Waals surface area contributed by atoms with Crippen LogP contribution in [0.4, 0.5) is 5.82 Å². The van der Waals surface area contributed by atoms with Gasteiger partial charge in [-0.15, -0.1) is 10.2 Å². The first-order chi connectivity index (χ1) is 8.28. The zero-order valence-electron chi connectivity index (χ0n) is 9.51. The number of hydrogen-bond acceptors (Lipinski definition) is 4. The second-order valence-electron chi connectivity index (χ2n) is 3.76. The van der Waals surface area contributed by atoms with E-state index in [1.807, 2.05) is 12.1 Å². The Kier molecular flexibility index (Phi) is 3.31. The Morgan fingerprint density at radius 3 is 2.76 bits per heavy atom. The minimum absolute atomic E-state index is 0.325. The minimum atomic E-state index is 0.325. The lowest BCUT2D eigenvalue weighted by molar-refractivity contribution is 0.984. The average molecular weight is 224 g/mol. The molecule has 0 amide bonds. The monoisotopic (exact) mass is 224 g/mol. The third-order valence-electron chi connectivity index (χ3n) is 2.34. The van der Waals surface area contributed by atoms with Gasteiger partial charge in [0.1, 0.15) is 11.9 Å². The lowest BCUT2D eigenvalue weighted by atomic mass is 10.1. The van der Waals surface area contributed by atoms with Crippen molar-refractivity contribution in [2.45, 2.75) is 13.5 Å². The van der Waals surface area contributed by atoms with Crippen molar-refractivity contribution in [3.8, 4) is 6.07 Å². The van der Waals surface area contributed by atoms with E-state index in [1.54, 1.807) is 12.1 Å². The van der Waals surface area contributed by atoms with Gasteiger partial charge in [-0.3, -0.25) is 0 Å². The van der Waals surface area contributed by atoms with E-state index < -0.39 is 0 Å². The first kappa shape index (κ1) is 11.1. The molecule has 0 spiro atoms. The van der Waals surface area contributed by atoms with Gasteiger partial charge >= 0.3 is 0 Å². The highest BCUT2D eigenvalue weighted by atomic mass is 15.2. The van der Waals surface area contributed by atoms with Gasteiger partial charge in [-0.05, 0) is 24.6 Å². The summed E-state index contributed by atoms with van der Waals surface area (Å²) in [6.45, 7) is 2.76. The Balaban J connectivity index is 2.00. The topological polar surface area (TPSA) is 61.6 Å². The fraction of sp³-hybridized carbons (Fsp3) is 0.154. The summed E-state index contributed by atoms with van der Waals surface area (Å²) < 4.78 is 0. The fourth-order valence-electron chi connectivity index (χ4n) is 1.50. The maximum atomic E-state index is 8.59. The fourth-order valence-corrected chi connectivity index (χ4v) is 1.50. The number of nitriles is 1. The van der Waals surface area contributed by atoms with Crippen molar-refractivity contribution in [2.75, 3.05) is 5.32 Å². The van der Waals surface area contributed by atoms with E-state index in [4.69, 9.17) is 5.26 Å². The quantitative estimate of drug-likeness (QED) is 0.868. The molecular weight excluding hydrogens is 212 g/mol. The number of nitrogens with zero attached hydrogens (tertiary/aromatic N) is 3. The molecule has 0 aliphatic carbocycles. The molecule has 0 bridgehead atoms.